The molecule has 0 amide bonds. The van der Waals surface area contributed by atoms with Crippen LogP contribution in [-0.2, 0) is 6.42 Å². The molecule has 0 saturated heterocycles. The van der Waals surface area contributed by atoms with E-state index in [-0.39, 0.29) is 0 Å². The number of para-hydroxylation sites is 2. The largest absolute Gasteiger partial charge is 0.455 e. The van der Waals surface area contributed by atoms with E-state index < -0.39 is 0 Å². The van der Waals surface area contributed by atoms with Crippen molar-refractivity contribution in [3.63, 3.8) is 0 Å². The molecule has 0 N–H and O–H groups in total. The number of hydrogen-bond donors (Lipinski definition) is 0. The van der Waals surface area contributed by atoms with Gasteiger partial charge < -0.3 is 4.42 Å². The highest BCUT2D eigenvalue weighted by atomic mass is 16.3. The molecule has 0 bridgehead atoms. The van der Waals surface area contributed by atoms with Gasteiger partial charge in [-0.15, -0.1) is 0 Å². The minimum Gasteiger partial charge on any atom is -0.455 e. The van der Waals surface area contributed by atoms with Gasteiger partial charge in [-0.1, -0.05) is 84.9 Å². The van der Waals surface area contributed by atoms with E-state index in [1.54, 1.807) is 0 Å². The van der Waals surface area contributed by atoms with Crippen molar-refractivity contribution in [2.45, 2.75) is 12.8 Å². The van der Waals surface area contributed by atoms with E-state index in [2.05, 4.69) is 84.9 Å². The molecule has 0 spiro atoms. The van der Waals surface area contributed by atoms with Gasteiger partial charge >= 0.3 is 0 Å². The third kappa shape index (κ3) is 2.38. The maximum Gasteiger partial charge on any atom is 0.143 e. The van der Waals surface area contributed by atoms with E-state index in [1.165, 1.54) is 49.0 Å². The third-order valence-corrected chi connectivity index (χ3v) is 6.74. The molecule has 0 aliphatic heterocycles. The number of allylic oxidation sites excluding steroid dienone is 1. The molecule has 1 nitrogen and oxygen atoms in total. The number of fused-ring (bicyclic) bond motifs is 9. The highest BCUT2D eigenvalue weighted by Gasteiger charge is 2.16. The first-order valence-electron chi connectivity index (χ1n) is 10.9. The van der Waals surface area contributed by atoms with Crippen LogP contribution < -0.4 is 0 Å². The molecule has 0 unspecified atom stereocenters. The van der Waals surface area contributed by atoms with Gasteiger partial charge in [-0.05, 0) is 63.2 Å². The van der Waals surface area contributed by atoms with Crippen LogP contribution in [0.4, 0.5) is 0 Å². The molecule has 0 saturated carbocycles. The second kappa shape index (κ2) is 6.33. The van der Waals surface area contributed by atoms with Crippen LogP contribution >= 0.6 is 0 Å². The fourth-order valence-corrected chi connectivity index (χ4v) is 5.32. The van der Waals surface area contributed by atoms with Crippen molar-refractivity contribution in [1.82, 2.24) is 0 Å². The summed E-state index contributed by atoms with van der Waals surface area (Å²) in [6.45, 7) is 0. The second-order valence-electron chi connectivity index (χ2n) is 8.42. The zero-order valence-electron chi connectivity index (χ0n) is 17.1. The average molecular weight is 396 g/mol. The Morgan fingerprint density at radius 3 is 2.35 bits per heavy atom. The van der Waals surface area contributed by atoms with Crippen LogP contribution in [0.5, 0.6) is 0 Å². The smallest absolute Gasteiger partial charge is 0.143 e. The third-order valence-electron chi connectivity index (χ3n) is 6.74. The van der Waals surface area contributed by atoms with Crippen molar-refractivity contribution in [2.75, 3.05) is 0 Å². The molecule has 0 fully saturated rings. The first kappa shape index (κ1) is 16.9. The number of hydrogen-bond acceptors (Lipinski definition) is 1. The van der Waals surface area contributed by atoms with Crippen LogP contribution in [0.1, 0.15) is 17.5 Å². The summed E-state index contributed by atoms with van der Waals surface area (Å²) in [5.74, 6) is 0. The lowest BCUT2D eigenvalue weighted by Gasteiger charge is -2.18. The van der Waals surface area contributed by atoms with Gasteiger partial charge in [0.05, 0.1) is 0 Å². The lowest BCUT2D eigenvalue weighted by atomic mass is 9.86. The van der Waals surface area contributed by atoms with Crippen LogP contribution in [-0.4, -0.2) is 0 Å². The van der Waals surface area contributed by atoms with Crippen molar-refractivity contribution in [3.05, 3.63) is 102 Å². The van der Waals surface area contributed by atoms with Crippen molar-refractivity contribution >= 4 is 49.6 Å². The first-order chi connectivity index (χ1) is 15.4. The summed E-state index contributed by atoms with van der Waals surface area (Å²) in [6.07, 6.45) is 6.85. The molecule has 0 radical (unpaired) electrons. The van der Waals surface area contributed by atoms with Crippen molar-refractivity contribution in [2.24, 2.45) is 0 Å². The zero-order valence-corrected chi connectivity index (χ0v) is 17.1. The highest BCUT2D eigenvalue weighted by molar-refractivity contribution is 6.15. The minimum absolute atomic E-state index is 0.940. The van der Waals surface area contributed by atoms with Crippen molar-refractivity contribution in [3.8, 4) is 11.1 Å². The maximum absolute atomic E-state index is 6.32. The lowest BCUT2D eigenvalue weighted by molar-refractivity contribution is 0.670. The Kier molecular flexibility index (Phi) is 3.45. The van der Waals surface area contributed by atoms with Gasteiger partial charge in [0, 0.05) is 16.3 Å². The molecular formula is C30H20O. The molecule has 0 atom stereocenters. The molecular weight excluding hydrogens is 376 g/mol. The molecule has 1 aromatic heterocycles. The summed E-state index contributed by atoms with van der Waals surface area (Å²) < 4.78 is 6.32. The lowest BCUT2D eigenvalue weighted by Crippen LogP contribution is -1.97. The maximum atomic E-state index is 6.32. The molecule has 1 heterocycles. The topological polar surface area (TPSA) is 13.1 Å². The second-order valence-corrected chi connectivity index (χ2v) is 8.42. The summed E-state index contributed by atoms with van der Waals surface area (Å²) in [6, 6.07) is 30.5. The van der Waals surface area contributed by atoms with Crippen LogP contribution in [0, 0.1) is 0 Å². The van der Waals surface area contributed by atoms with Gasteiger partial charge in [-0.3, -0.25) is 0 Å². The molecule has 1 aliphatic carbocycles. The van der Waals surface area contributed by atoms with Gasteiger partial charge in [-0.2, -0.15) is 0 Å². The normalized spacial score (nSPS) is 13.4. The SMILES string of the molecule is C1=Cc2c(c3ccccc3c3cc(-c4cccc5c4oc4ccccc45)ccc23)CC1. The average Bonchev–Trinajstić information content (AvgIpc) is 3.23. The quantitative estimate of drug-likeness (QED) is 0.254. The van der Waals surface area contributed by atoms with E-state index in [4.69, 9.17) is 4.42 Å². The number of benzene rings is 5. The Bertz CT molecular complexity index is 1680. The summed E-state index contributed by atoms with van der Waals surface area (Å²) in [5.41, 5.74) is 7.11. The van der Waals surface area contributed by atoms with Crippen LogP contribution in [0.15, 0.2) is 95.4 Å². The van der Waals surface area contributed by atoms with Gasteiger partial charge in [0.1, 0.15) is 11.2 Å². The molecule has 5 aromatic carbocycles. The molecule has 6 aromatic rings. The van der Waals surface area contributed by atoms with Gasteiger partial charge in [-0.25, -0.2) is 0 Å². The molecule has 31 heavy (non-hydrogen) atoms. The summed E-state index contributed by atoms with van der Waals surface area (Å²) in [4.78, 5) is 0. The Morgan fingerprint density at radius 2 is 1.42 bits per heavy atom. The number of rotatable bonds is 1. The minimum atomic E-state index is 0.940. The number of furan rings is 1. The zero-order chi connectivity index (χ0) is 20.4. The summed E-state index contributed by atoms with van der Waals surface area (Å²) in [7, 11) is 0. The van der Waals surface area contributed by atoms with Crippen molar-refractivity contribution < 1.29 is 4.42 Å². The molecule has 1 heteroatoms. The van der Waals surface area contributed by atoms with E-state index >= 15 is 0 Å². The Labute approximate surface area is 180 Å². The van der Waals surface area contributed by atoms with Gasteiger partial charge in [0.2, 0.25) is 0 Å². The number of aryl methyl sites for hydroxylation is 1. The summed E-state index contributed by atoms with van der Waals surface area (Å²) in [5, 5.41) is 7.71. The molecule has 7 rings (SSSR count). The highest BCUT2D eigenvalue weighted by Crippen LogP contribution is 2.40. The first-order valence-corrected chi connectivity index (χ1v) is 10.9. The van der Waals surface area contributed by atoms with E-state index in [0.29, 0.717) is 0 Å². The van der Waals surface area contributed by atoms with Gasteiger partial charge in [0.15, 0.2) is 0 Å². The Morgan fingerprint density at radius 1 is 0.613 bits per heavy atom. The fraction of sp³-hybridized carbons (Fsp3) is 0.0667. The van der Waals surface area contributed by atoms with E-state index in [9.17, 15) is 0 Å². The van der Waals surface area contributed by atoms with E-state index in [0.717, 1.165) is 29.6 Å². The summed E-state index contributed by atoms with van der Waals surface area (Å²) >= 11 is 0. The van der Waals surface area contributed by atoms with Gasteiger partial charge in [0.25, 0.3) is 0 Å². The van der Waals surface area contributed by atoms with Crippen LogP contribution in [0.3, 0.4) is 0 Å². The predicted molar refractivity (Wildman–Crippen MR) is 132 cm³/mol. The molecule has 1 aliphatic rings. The monoisotopic (exact) mass is 396 g/mol. The molecule has 146 valence electrons. The fourth-order valence-electron chi connectivity index (χ4n) is 5.32. The van der Waals surface area contributed by atoms with E-state index in [1.807, 2.05) is 12.1 Å². The van der Waals surface area contributed by atoms with Crippen LogP contribution in [0.25, 0.3) is 60.7 Å². The Hall–Kier alpha value is -3.84. The predicted octanol–water partition coefficient (Wildman–Crippen LogP) is 8.52. The Balaban J connectivity index is 1.57. The van der Waals surface area contributed by atoms with Crippen LogP contribution in [0.2, 0.25) is 0 Å². The standard InChI is InChI=1S/C30H20O/c1-2-10-23-21(8-1)22-9-3-4-11-24(22)28-18-19(16-17-25(23)28)20-13-7-14-27-26-12-5-6-15-29(26)31-30(20)27/h2-7,9-18H,1,8H2. The van der Waals surface area contributed by atoms with Crippen molar-refractivity contribution in [1.29, 1.82) is 0 Å².